The Morgan fingerprint density at radius 3 is 2.72 bits per heavy atom. The number of rotatable bonds is 3. The molecule has 2 rings (SSSR count). The van der Waals surface area contributed by atoms with E-state index in [2.05, 4.69) is 10.2 Å². The molecule has 0 aliphatic carbocycles. The highest BCUT2D eigenvalue weighted by Gasteiger charge is 2.34. The van der Waals surface area contributed by atoms with E-state index in [1.54, 1.807) is 12.1 Å². The Balaban J connectivity index is 2.12. The number of aromatic nitrogens is 2. The van der Waals surface area contributed by atoms with Crippen LogP contribution in [0.2, 0.25) is 0 Å². The lowest BCUT2D eigenvalue weighted by Gasteiger charge is -2.14. The van der Waals surface area contributed by atoms with Crippen molar-refractivity contribution in [2.75, 3.05) is 17.2 Å². The van der Waals surface area contributed by atoms with Crippen molar-refractivity contribution in [2.24, 2.45) is 5.92 Å². The van der Waals surface area contributed by atoms with Gasteiger partial charge in [-0.2, -0.15) is 8.42 Å². The van der Waals surface area contributed by atoms with Gasteiger partial charge in [0.25, 0.3) is 0 Å². The molecule has 1 aromatic heterocycles. The molecule has 1 amide bonds. The van der Waals surface area contributed by atoms with Crippen LogP contribution in [0.3, 0.4) is 0 Å². The van der Waals surface area contributed by atoms with E-state index in [4.69, 9.17) is 0 Å². The monoisotopic (exact) mass is 385 g/mol. The predicted molar refractivity (Wildman–Crippen MR) is 70.1 cm³/mol. The summed E-state index contributed by atoms with van der Waals surface area (Å²) in [5.74, 6) is -1.07. The second-order valence-electron chi connectivity index (χ2n) is 3.99. The Labute approximate surface area is 117 Å². The van der Waals surface area contributed by atoms with Crippen LogP contribution in [0.1, 0.15) is 6.42 Å². The Bertz CT molecular complexity index is 563. The van der Waals surface area contributed by atoms with Gasteiger partial charge in [0, 0.05) is 18.9 Å². The van der Waals surface area contributed by atoms with Crippen LogP contribution < -0.4 is 4.90 Å². The molecule has 1 aromatic rings. The summed E-state index contributed by atoms with van der Waals surface area (Å²) in [6.07, 6.45) is 0.0107. The second-order valence-corrected chi connectivity index (χ2v) is 6.51. The molecule has 9 heteroatoms. The third-order valence-corrected chi connectivity index (χ3v) is 3.98. The molecule has 0 aromatic carbocycles. The van der Waals surface area contributed by atoms with Gasteiger partial charge in [0.2, 0.25) is 5.91 Å². The lowest BCUT2D eigenvalue weighted by Crippen LogP contribution is -2.26. The van der Waals surface area contributed by atoms with E-state index >= 15 is 0 Å². The summed E-state index contributed by atoms with van der Waals surface area (Å²) in [5.41, 5.74) is 0. The molecule has 1 fully saturated rings. The number of hydrogen-bond donors (Lipinski definition) is 0. The maximum absolute atomic E-state index is 12.6. The quantitative estimate of drug-likeness (QED) is 0.566. The Kier molecular flexibility index (Phi) is 3.80. The summed E-state index contributed by atoms with van der Waals surface area (Å²) in [7, 11) is -4.56. The third kappa shape index (κ3) is 3.34. The number of carbonyl (C=O) groups excluding carboxylic acids is 1. The van der Waals surface area contributed by atoms with Gasteiger partial charge < -0.3 is 0 Å². The van der Waals surface area contributed by atoms with Crippen LogP contribution >= 0.6 is 22.6 Å². The lowest BCUT2D eigenvalue weighted by molar-refractivity contribution is -0.117. The minimum Gasteiger partial charge on any atom is -0.295 e. The maximum Gasteiger partial charge on any atom is 0.302 e. The molecule has 1 aliphatic heterocycles. The standard InChI is InChI=1S/C9H9FIN3O3S/c10-18(16,17)5-6-3-9(15)14(4-6)8-2-1-7(11)12-13-8/h1-2,6H,3-5H2. The molecule has 0 spiro atoms. The summed E-state index contributed by atoms with van der Waals surface area (Å²) in [6.45, 7) is 0.150. The highest BCUT2D eigenvalue weighted by Crippen LogP contribution is 2.24. The molecule has 6 nitrogen and oxygen atoms in total. The first kappa shape index (κ1) is 13.6. The van der Waals surface area contributed by atoms with Crippen molar-refractivity contribution >= 4 is 44.5 Å². The number of amides is 1. The largest absolute Gasteiger partial charge is 0.302 e. The first-order valence-corrected chi connectivity index (χ1v) is 7.70. The smallest absolute Gasteiger partial charge is 0.295 e. The first-order chi connectivity index (χ1) is 8.35. The van der Waals surface area contributed by atoms with E-state index in [0.29, 0.717) is 9.52 Å². The average molecular weight is 385 g/mol. The zero-order valence-electron chi connectivity index (χ0n) is 9.08. The Morgan fingerprint density at radius 1 is 1.44 bits per heavy atom. The molecule has 1 atom stereocenters. The maximum atomic E-state index is 12.6. The number of halogens is 2. The van der Waals surface area contributed by atoms with Crippen LogP contribution in [0.15, 0.2) is 12.1 Å². The highest BCUT2D eigenvalue weighted by molar-refractivity contribution is 14.1. The van der Waals surface area contributed by atoms with Gasteiger partial charge in [-0.15, -0.1) is 14.1 Å². The van der Waals surface area contributed by atoms with Crippen LogP contribution in [-0.4, -0.2) is 36.8 Å². The number of carbonyl (C=O) groups is 1. The van der Waals surface area contributed by atoms with E-state index < -0.39 is 21.9 Å². The van der Waals surface area contributed by atoms with E-state index in [1.165, 1.54) is 4.90 Å². The first-order valence-electron chi connectivity index (χ1n) is 5.07. The number of anilines is 1. The molecule has 0 N–H and O–H groups in total. The Morgan fingerprint density at radius 2 is 2.17 bits per heavy atom. The van der Waals surface area contributed by atoms with E-state index in [9.17, 15) is 17.1 Å². The lowest BCUT2D eigenvalue weighted by atomic mass is 10.1. The van der Waals surface area contributed by atoms with Crippen LogP contribution in [0.4, 0.5) is 9.70 Å². The summed E-state index contributed by atoms with van der Waals surface area (Å²) < 4.78 is 34.4. The minimum atomic E-state index is -4.56. The van der Waals surface area contributed by atoms with Crippen LogP contribution in [0.25, 0.3) is 0 Å². The predicted octanol–water partition coefficient (Wildman–Crippen LogP) is 0.733. The van der Waals surface area contributed by atoms with E-state index in [1.807, 2.05) is 22.6 Å². The van der Waals surface area contributed by atoms with Crippen molar-refractivity contribution in [2.45, 2.75) is 6.42 Å². The van der Waals surface area contributed by atoms with Gasteiger partial charge in [-0.25, -0.2) is 0 Å². The molecule has 18 heavy (non-hydrogen) atoms. The van der Waals surface area contributed by atoms with Crippen LogP contribution in [-0.2, 0) is 15.0 Å². The van der Waals surface area contributed by atoms with Crippen molar-refractivity contribution in [3.63, 3.8) is 0 Å². The molecule has 98 valence electrons. The zero-order valence-corrected chi connectivity index (χ0v) is 12.1. The Hall–Kier alpha value is -0.840. The average Bonchev–Trinajstić information content (AvgIpc) is 2.58. The topological polar surface area (TPSA) is 80.2 Å². The zero-order chi connectivity index (χ0) is 13.3. The van der Waals surface area contributed by atoms with Crippen molar-refractivity contribution in [1.29, 1.82) is 0 Å². The fraction of sp³-hybridized carbons (Fsp3) is 0.444. The molecule has 1 saturated heterocycles. The minimum absolute atomic E-state index is 0.0107. The van der Waals surface area contributed by atoms with E-state index in [0.717, 1.165) is 0 Å². The fourth-order valence-electron chi connectivity index (χ4n) is 1.85. The van der Waals surface area contributed by atoms with Gasteiger partial charge in [0.15, 0.2) is 5.82 Å². The normalized spacial score (nSPS) is 20.4. The van der Waals surface area contributed by atoms with Crippen molar-refractivity contribution < 1.29 is 17.1 Å². The van der Waals surface area contributed by atoms with Gasteiger partial charge in [-0.1, -0.05) is 0 Å². The van der Waals surface area contributed by atoms with Gasteiger partial charge in [0.1, 0.15) is 3.70 Å². The van der Waals surface area contributed by atoms with Gasteiger partial charge >= 0.3 is 10.2 Å². The van der Waals surface area contributed by atoms with Crippen molar-refractivity contribution in [3.05, 3.63) is 15.8 Å². The summed E-state index contributed by atoms with van der Waals surface area (Å²) in [5, 5.41) is 7.65. The van der Waals surface area contributed by atoms with Crippen molar-refractivity contribution in [1.82, 2.24) is 10.2 Å². The molecular formula is C9H9FIN3O3S. The molecule has 0 saturated carbocycles. The van der Waals surface area contributed by atoms with Crippen molar-refractivity contribution in [3.8, 4) is 0 Å². The van der Waals surface area contributed by atoms with Crippen LogP contribution in [0, 0.1) is 9.62 Å². The molecule has 0 bridgehead atoms. The number of nitrogens with zero attached hydrogens (tertiary/aromatic N) is 3. The SMILES string of the molecule is O=C1CC(CS(=O)(=O)F)CN1c1ccc(I)nn1. The molecular weight excluding hydrogens is 376 g/mol. The summed E-state index contributed by atoms with van der Waals surface area (Å²) in [4.78, 5) is 13.0. The molecule has 0 radical (unpaired) electrons. The second kappa shape index (κ2) is 5.03. The van der Waals surface area contributed by atoms with Crippen LogP contribution in [0.5, 0.6) is 0 Å². The highest BCUT2D eigenvalue weighted by atomic mass is 127. The van der Waals surface area contributed by atoms with Gasteiger partial charge in [-0.05, 0) is 34.7 Å². The molecule has 2 heterocycles. The van der Waals surface area contributed by atoms with Gasteiger partial charge in [0.05, 0.1) is 5.75 Å². The third-order valence-electron chi connectivity index (χ3n) is 2.53. The fourth-order valence-corrected chi connectivity index (χ4v) is 2.92. The molecule has 1 unspecified atom stereocenters. The molecule has 1 aliphatic rings. The number of hydrogen-bond acceptors (Lipinski definition) is 5. The van der Waals surface area contributed by atoms with E-state index in [-0.39, 0.29) is 18.9 Å². The summed E-state index contributed by atoms with van der Waals surface area (Å²) >= 11 is 1.98. The van der Waals surface area contributed by atoms with Gasteiger partial charge in [-0.3, -0.25) is 9.69 Å². The summed E-state index contributed by atoms with van der Waals surface area (Å²) in [6, 6.07) is 3.31.